The summed E-state index contributed by atoms with van der Waals surface area (Å²) >= 11 is 6.54. The van der Waals surface area contributed by atoms with Crippen LogP contribution < -0.4 is 24.4 Å². The Kier molecular flexibility index (Phi) is 10.4. The number of ether oxygens (including phenoxy) is 4. The minimum atomic E-state index is -0.219. The highest BCUT2D eigenvalue weighted by Crippen LogP contribution is 2.37. The first kappa shape index (κ1) is 28.5. The van der Waals surface area contributed by atoms with Gasteiger partial charge in [0.15, 0.2) is 23.0 Å². The van der Waals surface area contributed by atoms with Crippen LogP contribution in [0.2, 0.25) is 5.02 Å². The molecule has 1 amide bonds. The van der Waals surface area contributed by atoms with Gasteiger partial charge in [0, 0.05) is 0 Å². The molecule has 0 heterocycles. The maximum Gasteiger partial charge on any atom is 0.244 e. The molecule has 40 heavy (non-hydrogen) atoms. The van der Waals surface area contributed by atoms with E-state index in [0.29, 0.717) is 46.8 Å². The highest BCUT2D eigenvalue weighted by molar-refractivity contribution is 6.32. The standard InChI is InChI=1S/C32H31ClN2O5/c1-3-38-29-17-25(14-15-28(29)39-21-24-12-8-5-9-13-24)22-40-32-27(33)16-26(18-30(32)37-2)20-34-35-31(36)19-23-10-6-4-7-11-23/h4-18,20H,3,19,21-22H2,1-2H3,(H,35,36)/b34-20+. The first-order valence-corrected chi connectivity index (χ1v) is 13.2. The molecular formula is C32H31ClN2O5. The number of hydrogen-bond acceptors (Lipinski definition) is 6. The van der Waals surface area contributed by atoms with Crippen molar-refractivity contribution in [2.75, 3.05) is 13.7 Å². The smallest absolute Gasteiger partial charge is 0.244 e. The predicted molar refractivity (Wildman–Crippen MR) is 157 cm³/mol. The minimum Gasteiger partial charge on any atom is -0.493 e. The van der Waals surface area contributed by atoms with Gasteiger partial charge in [-0.1, -0.05) is 78.3 Å². The number of carbonyl (C=O) groups excluding carboxylic acids is 1. The third-order valence-electron chi connectivity index (χ3n) is 5.79. The molecule has 0 aromatic heterocycles. The maximum absolute atomic E-state index is 12.1. The molecule has 0 spiro atoms. The van der Waals surface area contributed by atoms with E-state index in [2.05, 4.69) is 10.5 Å². The molecule has 206 valence electrons. The molecule has 0 fully saturated rings. The zero-order chi connectivity index (χ0) is 28.2. The number of nitrogens with one attached hydrogen (secondary N) is 1. The molecule has 0 saturated carbocycles. The van der Waals surface area contributed by atoms with Crippen molar-refractivity contribution in [3.63, 3.8) is 0 Å². The number of amides is 1. The van der Waals surface area contributed by atoms with E-state index in [9.17, 15) is 4.79 Å². The largest absolute Gasteiger partial charge is 0.493 e. The average molecular weight is 559 g/mol. The quantitative estimate of drug-likeness (QED) is 0.148. The Morgan fingerprint density at radius 2 is 1.50 bits per heavy atom. The predicted octanol–water partition coefficient (Wildman–Crippen LogP) is 6.60. The van der Waals surface area contributed by atoms with Gasteiger partial charge in [0.05, 0.1) is 31.4 Å². The SMILES string of the molecule is CCOc1cc(COc2c(Cl)cc(/C=N/NC(=O)Cc3ccccc3)cc2OC)ccc1OCc1ccccc1. The van der Waals surface area contributed by atoms with Crippen LogP contribution in [-0.4, -0.2) is 25.8 Å². The van der Waals surface area contributed by atoms with Crippen LogP contribution in [0, 0.1) is 0 Å². The van der Waals surface area contributed by atoms with Crippen molar-refractivity contribution in [3.05, 3.63) is 118 Å². The highest BCUT2D eigenvalue weighted by atomic mass is 35.5. The van der Waals surface area contributed by atoms with E-state index >= 15 is 0 Å². The lowest BCUT2D eigenvalue weighted by Gasteiger charge is -2.16. The van der Waals surface area contributed by atoms with Crippen molar-refractivity contribution in [1.29, 1.82) is 0 Å². The molecule has 0 radical (unpaired) electrons. The Balaban J connectivity index is 1.39. The Hall–Kier alpha value is -4.49. The number of hydrazone groups is 1. The van der Waals surface area contributed by atoms with Gasteiger partial charge in [-0.2, -0.15) is 5.10 Å². The molecule has 0 aliphatic carbocycles. The van der Waals surface area contributed by atoms with Gasteiger partial charge in [0.2, 0.25) is 5.91 Å². The normalized spacial score (nSPS) is 10.8. The zero-order valence-electron chi connectivity index (χ0n) is 22.4. The first-order chi connectivity index (χ1) is 19.6. The second kappa shape index (κ2) is 14.6. The molecule has 4 aromatic rings. The molecule has 0 atom stereocenters. The van der Waals surface area contributed by atoms with E-state index < -0.39 is 0 Å². The topological polar surface area (TPSA) is 78.4 Å². The van der Waals surface area contributed by atoms with Crippen LogP contribution in [0.25, 0.3) is 0 Å². The monoisotopic (exact) mass is 558 g/mol. The number of hydrogen-bond donors (Lipinski definition) is 1. The van der Waals surface area contributed by atoms with Crippen LogP contribution in [0.1, 0.15) is 29.2 Å². The van der Waals surface area contributed by atoms with Crippen LogP contribution in [0.5, 0.6) is 23.0 Å². The van der Waals surface area contributed by atoms with Gasteiger partial charge in [0.25, 0.3) is 0 Å². The van der Waals surface area contributed by atoms with E-state index in [0.717, 1.165) is 16.7 Å². The summed E-state index contributed by atoms with van der Waals surface area (Å²) in [5, 5.41) is 4.39. The second-order valence-electron chi connectivity index (χ2n) is 8.77. The summed E-state index contributed by atoms with van der Waals surface area (Å²) in [6.07, 6.45) is 1.74. The summed E-state index contributed by atoms with van der Waals surface area (Å²) in [6.45, 7) is 3.10. The third kappa shape index (κ3) is 8.25. The van der Waals surface area contributed by atoms with E-state index in [4.69, 9.17) is 30.5 Å². The number of nitrogens with zero attached hydrogens (tertiary/aromatic N) is 1. The molecule has 0 unspecified atom stereocenters. The van der Waals surface area contributed by atoms with Crippen molar-refractivity contribution in [2.24, 2.45) is 5.10 Å². The number of methoxy groups -OCH3 is 1. The van der Waals surface area contributed by atoms with Crippen molar-refractivity contribution >= 4 is 23.7 Å². The Labute approximate surface area is 239 Å². The van der Waals surface area contributed by atoms with Crippen molar-refractivity contribution in [1.82, 2.24) is 5.43 Å². The van der Waals surface area contributed by atoms with E-state index in [1.807, 2.05) is 85.8 Å². The van der Waals surface area contributed by atoms with Crippen LogP contribution in [0.3, 0.4) is 0 Å². The molecule has 4 rings (SSSR count). The second-order valence-corrected chi connectivity index (χ2v) is 9.17. The van der Waals surface area contributed by atoms with Gasteiger partial charge >= 0.3 is 0 Å². The van der Waals surface area contributed by atoms with Gasteiger partial charge < -0.3 is 18.9 Å². The minimum absolute atomic E-state index is 0.219. The lowest BCUT2D eigenvalue weighted by Crippen LogP contribution is -2.19. The fourth-order valence-electron chi connectivity index (χ4n) is 3.87. The number of halogens is 1. The molecule has 4 aromatic carbocycles. The van der Waals surface area contributed by atoms with Crippen LogP contribution in [0.15, 0.2) is 96.1 Å². The van der Waals surface area contributed by atoms with E-state index in [1.165, 1.54) is 13.3 Å². The van der Waals surface area contributed by atoms with E-state index in [-0.39, 0.29) is 18.9 Å². The van der Waals surface area contributed by atoms with Gasteiger partial charge in [-0.05, 0) is 53.4 Å². The first-order valence-electron chi connectivity index (χ1n) is 12.8. The summed E-state index contributed by atoms with van der Waals surface area (Å²) in [5.74, 6) is 1.92. The summed E-state index contributed by atoms with van der Waals surface area (Å²) in [7, 11) is 1.53. The Morgan fingerprint density at radius 3 is 2.20 bits per heavy atom. The lowest BCUT2D eigenvalue weighted by molar-refractivity contribution is -0.120. The molecule has 1 N–H and O–H groups in total. The summed E-state index contributed by atoms with van der Waals surface area (Å²) < 4.78 is 23.4. The fourth-order valence-corrected chi connectivity index (χ4v) is 4.15. The Bertz CT molecular complexity index is 1430. The molecule has 0 aliphatic heterocycles. The van der Waals surface area contributed by atoms with Gasteiger partial charge in [-0.25, -0.2) is 5.43 Å². The molecule has 0 aliphatic rings. The molecule has 0 saturated heterocycles. The zero-order valence-corrected chi connectivity index (χ0v) is 23.2. The fraction of sp³-hybridized carbons (Fsp3) is 0.188. The summed E-state index contributed by atoms with van der Waals surface area (Å²) in [5.41, 5.74) is 6.03. The number of rotatable bonds is 13. The summed E-state index contributed by atoms with van der Waals surface area (Å²) in [6, 6.07) is 28.5. The van der Waals surface area contributed by atoms with Crippen molar-refractivity contribution < 1.29 is 23.7 Å². The van der Waals surface area contributed by atoms with Gasteiger partial charge in [-0.3, -0.25) is 4.79 Å². The van der Waals surface area contributed by atoms with Crippen molar-refractivity contribution in [3.8, 4) is 23.0 Å². The molecular weight excluding hydrogens is 528 g/mol. The van der Waals surface area contributed by atoms with E-state index in [1.54, 1.807) is 12.1 Å². The average Bonchev–Trinajstić information content (AvgIpc) is 2.97. The molecule has 0 bridgehead atoms. The Morgan fingerprint density at radius 1 is 0.800 bits per heavy atom. The summed E-state index contributed by atoms with van der Waals surface area (Å²) in [4.78, 5) is 12.1. The van der Waals surface area contributed by atoms with Crippen LogP contribution in [-0.2, 0) is 24.4 Å². The number of carbonyl (C=O) groups is 1. The lowest BCUT2D eigenvalue weighted by atomic mass is 10.1. The van der Waals surface area contributed by atoms with Crippen molar-refractivity contribution in [2.45, 2.75) is 26.6 Å². The maximum atomic E-state index is 12.1. The third-order valence-corrected chi connectivity index (χ3v) is 6.07. The van der Waals surface area contributed by atoms with Crippen LogP contribution >= 0.6 is 11.6 Å². The van der Waals surface area contributed by atoms with Gasteiger partial charge in [0.1, 0.15) is 13.2 Å². The molecule has 7 nitrogen and oxygen atoms in total. The van der Waals surface area contributed by atoms with Crippen LogP contribution in [0.4, 0.5) is 0 Å². The highest BCUT2D eigenvalue weighted by Gasteiger charge is 2.14. The van der Waals surface area contributed by atoms with Gasteiger partial charge in [-0.15, -0.1) is 0 Å². The number of benzene rings is 4. The molecule has 8 heteroatoms.